The molecule has 1 N–H and O–H groups in total. The first-order valence-electron chi connectivity index (χ1n) is 8.25. The molecule has 0 aromatic carbocycles. The number of likely N-dealkylation sites (tertiary alicyclic amines) is 1. The number of nitrogens with zero attached hydrogens (tertiary/aromatic N) is 5. The lowest BCUT2D eigenvalue weighted by molar-refractivity contribution is -0.384. The van der Waals surface area contributed by atoms with Crippen molar-refractivity contribution < 1.29 is 4.92 Å². The first kappa shape index (κ1) is 16.4. The normalized spacial score (nSPS) is 15.4. The third-order valence-corrected chi connectivity index (χ3v) is 4.30. The quantitative estimate of drug-likeness (QED) is 0.647. The van der Waals surface area contributed by atoms with E-state index in [0.29, 0.717) is 11.3 Å². The predicted octanol–water partition coefficient (Wildman–Crippen LogP) is 2.72. The molecule has 0 aliphatic carbocycles. The van der Waals surface area contributed by atoms with Crippen molar-refractivity contribution in [2.45, 2.75) is 32.7 Å². The van der Waals surface area contributed by atoms with Gasteiger partial charge in [-0.05, 0) is 38.9 Å². The van der Waals surface area contributed by atoms with Crippen LogP contribution >= 0.6 is 0 Å². The molecule has 8 nitrogen and oxygen atoms in total. The minimum Gasteiger partial charge on any atom is -0.332 e. The molecule has 0 atom stereocenters. The number of nitrogens with one attached hydrogen (secondary N) is 1. The molecule has 24 heavy (non-hydrogen) atoms. The summed E-state index contributed by atoms with van der Waals surface area (Å²) in [6.45, 7) is 5.81. The Morgan fingerprint density at radius 2 is 2.08 bits per heavy atom. The van der Waals surface area contributed by atoms with E-state index in [1.807, 2.05) is 10.9 Å². The summed E-state index contributed by atoms with van der Waals surface area (Å²) in [5.74, 6) is 0.246. The smallest absolute Gasteiger partial charge is 0.314 e. The number of aromatic nitrogens is 3. The molecular weight excluding hydrogens is 308 g/mol. The Morgan fingerprint density at radius 3 is 2.83 bits per heavy atom. The van der Waals surface area contributed by atoms with Crippen molar-refractivity contribution in [1.29, 1.82) is 0 Å². The van der Waals surface area contributed by atoms with Gasteiger partial charge in [0, 0.05) is 24.5 Å². The van der Waals surface area contributed by atoms with Crippen LogP contribution in [0.25, 0.3) is 0 Å². The van der Waals surface area contributed by atoms with E-state index in [9.17, 15) is 10.1 Å². The van der Waals surface area contributed by atoms with Crippen molar-refractivity contribution in [3.8, 4) is 0 Å². The van der Waals surface area contributed by atoms with Gasteiger partial charge in [-0.15, -0.1) is 0 Å². The zero-order valence-corrected chi connectivity index (χ0v) is 13.8. The third-order valence-electron chi connectivity index (χ3n) is 4.30. The fourth-order valence-electron chi connectivity index (χ4n) is 2.99. The monoisotopic (exact) mass is 330 g/mol. The van der Waals surface area contributed by atoms with Crippen LogP contribution in [-0.2, 0) is 6.54 Å². The molecule has 128 valence electrons. The van der Waals surface area contributed by atoms with Crippen LogP contribution < -0.4 is 5.32 Å². The fraction of sp³-hybridized carbons (Fsp3) is 0.500. The lowest BCUT2D eigenvalue weighted by Crippen LogP contribution is -2.32. The van der Waals surface area contributed by atoms with Gasteiger partial charge in [-0.3, -0.25) is 14.8 Å². The van der Waals surface area contributed by atoms with Gasteiger partial charge in [0.25, 0.3) is 0 Å². The van der Waals surface area contributed by atoms with Crippen LogP contribution in [0.2, 0.25) is 0 Å². The van der Waals surface area contributed by atoms with Crippen LogP contribution in [0.15, 0.2) is 24.7 Å². The SMILES string of the molecule is Cc1ccnc(Nc2cnn(CCN3CCCCC3)c2)c1[N+](=O)[O-]. The Bertz CT molecular complexity index is 708. The van der Waals surface area contributed by atoms with E-state index in [1.54, 1.807) is 25.4 Å². The second-order valence-electron chi connectivity index (χ2n) is 6.10. The molecule has 3 rings (SSSR count). The Labute approximate surface area is 140 Å². The van der Waals surface area contributed by atoms with Gasteiger partial charge in [-0.1, -0.05) is 6.42 Å². The number of hydrogen-bond donors (Lipinski definition) is 1. The van der Waals surface area contributed by atoms with Gasteiger partial charge in [0.2, 0.25) is 5.82 Å². The zero-order valence-electron chi connectivity index (χ0n) is 13.8. The van der Waals surface area contributed by atoms with E-state index in [0.717, 1.165) is 26.2 Å². The highest BCUT2D eigenvalue weighted by Crippen LogP contribution is 2.28. The van der Waals surface area contributed by atoms with Gasteiger partial charge >= 0.3 is 5.69 Å². The number of hydrogen-bond acceptors (Lipinski definition) is 6. The van der Waals surface area contributed by atoms with Crippen molar-refractivity contribution in [3.05, 3.63) is 40.3 Å². The lowest BCUT2D eigenvalue weighted by Gasteiger charge is -2.26. The maximum atomic E-state index is 11.2. The standard InChI is InChI=1S/C16H22N6O2/c1-13-5-6-17-16(15(13)22(23)24)19-14-11-18-21(12-14)10-9-20-7-3-2-4-8-20/h5-6,11-12H,2-4,7-10H2,1H3,(H,17,19). The molecule has 1 fully saturated rings. The van der Waals surface area contributed by atoms with Crippen LogP contribution in [0, 0.1) is 17.0 Å². The number of pyridine rings is 1. The summed E-state index contributed by atoms with van der Waals surface area (Å²) in [7, 11) is 0. The highest BCUT2D eigenvalue weighted by Gasteiger charge is 2.19. The Morgan fingerprint density at radius 1 is 1.29 bits per heavy atom. The van der Waals surface area contributed by atoms with Crippen LogP contribution in [0.1, 0.15) is 24.8 Å². The minimum atomic E-state index is -0.411. The minimum absolute atomic E-state index is 0.00133. The number of aryl methyl sites for hydroxylation is 1. The maximum absolute atomic E-state index is 11.2. The summed E-state index contributed by atoms with van der Waals surface area (Å²) in [5.41, 5.74) is 1.28. The second-order valence-corrected chi connectivity index (χ2v) is 6.10. The molecule has 0 saturated carbocycles. The highest BCUT2D eigenvalue weighted by molar-refractivity contribution is 5.66. The summed E-state index contributed by atoms with van der Waals surface area (Å²) in [6.07, 6.45) is 8.96. The average molecular weight is 330 g/mol. The summed E-state index contributed by atoms with van der Waals surface area (Å²) in [5, 5.41) is 18.5. The van der Waals surface area contributed by atoms with Gasteiger partial charge in [0.05, 0.1) is 23.4 Å². The van der Waals surface area contributed by atoms with E-state index in [1.165, 1.54) is 19.3 Å². The molecule has 8 heteroatoms. The number of piperidine rings is 1. The number of anilines is 2. The first-order chi connectivity index (χ1) is 11.6. The van der Waals surface area contributed by atoms with Crippen LogP contribution in [-0.4, -0.2) is 44.2 Å². The van der Waals surface area contributed by atoms with E-state index >= 15 is 0 Å². The lowest BCUT2D eigenvalue weighted by atomic mass is 10.1. The van der Waals surface area contributed by atoms with Gasteiger partial charge in [0.1, 0.15) is 0 Å². The van der Waals surface area contributed by atoms with Gasteiger partial charge in [0.15, 0.2) is 0 Å². The van der Waals surface area contributed by atoms with E-state index < -0.39 is 4.92 Å². The summed E-state index contributed by atoms with van der Waals surface area (Å²) in [4.78, 5) is 17.3. The highest BCUT2D eigenvalue weighted by atomic mass is 16.6. The Hall–Kier alpha value is -2.48. The molecule has 1 aliphatic heterocycles. The second kappa shape index (κ2) is 7.39. The van der Waals surface area contributed by atoms with Gasteiger partial charge in [-0.25, -0.2) is 4.98 Å². The molecular formula is C16H22N6O2. The largest absolute Gasteiger partial charge is 0.332 e. The van der Waals surface area contributed by atoms with Crippen LogP contribution in [0.4, 0.5) is 17.2 Å². The summed E-state index contributed by atoms with van der Waals surface area (Å²) < 4.78 is 1.86. The average Bonchev–Trinajstić information content (AvgIpc) is 3.01. The van der Waals surface area contributed by atoms with Crippen molar-refractivity contribution in [1.82, 2.24) is 19.7 Å². The molecule has 0 radical (unpaired) electrons. The van der Waals surface area contributed by atoms with Crippen LogP contribution in [0.5, 0.6) is 0 Å². The number of nitro groups is 1. The van der Waals surface area contributed by atoms with E-state index in [4.69, 9.17) is 0 Å². The third kappa shape index (κ3) is 3.88. The van der Waals surface area contributed by atoms with Gasteiger partial charge < -0.3 is 10.2 Å². The Kier molecular flexibility index (Phi) is 5.05. The van der Waals surface area contributed by atoms with Crippen molar-refractivity contribution in [2.24, 2.45) is 0 Å². The predicted molar refractivity (Wildman–Crippen MR) is 91.4 cm³/mol. The van der Waals surface area contributed by atoms with E-state index in [-0.39, 0.29) is 11.5 Å². The maximum Gasteiger partial charge on any atom is 0.314 e. The first-order valence-corrected chi connectivity index (χ1v) is 8.25. The Balaban J connectivity index is 1.64. The molecule has 1 saturated heterocycles. The van der Waals surface area contributed by atoms with Crippen LogP contribution in [0.3, 0.4) is 0 Å². The molecule has 2 aromatic heterocycles. The van der Waals surface area contributed by atoms with Crippen molar-refractivity contribution in [2.75, 3.05) is 25.0 Å². The summed E-state index contributed by atoms with van der Waals surface area (Å²) >= 11 is 0. The van der Waals surface area contributed by atoms with E-state index in [2.05, 4.69) is 20.3 Å². The molecule has 1 aliphatic rings. The molecule has 0 bridgehead atoms. The molecule has 0 unspecified atom stereocenters. The molecule has 2 aromatic rings. The fourth-order valence-corrected chi connectivity index (χ4v) is 2.99. The van der Waals surface area contributed by atoms with Crippen molar-refractivity contribution in [3.63, 3.8) is 0 Å². The zero-order chi connectivity index (χ0) is 16.9. The topological polar surface area (TPSA) is 89.1 Å². The summed E-state index contributed by atoms with van der Waals surface area (Å²) in [6, 6.07) is 1.63. The van der Waals surface area contributed by atoms with Gasteiger partial charge in [-0.2, -0.15) is 5.10 Å². The molecule has 0 amide bonds. The molecule has 3 heterocycles. The van der Waals surface area contributed by atoms with Crippen molar-refractivity contribution >= 4 is 17.2 Å². The number of rotatable bonds is 6. The molecule has 0 spiro atoms.